The fourth-order valence-corrected chi connectivity index (χ4v) is 4.00. The van der Waals surface area contributed by atoms with Gasteiger partial charge in [0.1, 0.15) is 5.01 Å². The number of allylic oxidation sites excluding steroid dienone is 1. The second-order valence-corrected chi connectivity index (χ2v) is 7.17. The van der Waals surface area contributed by atoms with Gasteiger partial charge in [-0.15, -0.1) is 11.3 Å². The molecule has 128 valence electrons. The van der Waals surface area contributed by atoms with Gasteiger partial charge in [-0.1, -0.05) is 48.5 Å². The number of carbonyl (C=O) groups is 1. The second-order valence-electron chi connectivity index (χ2n) is 6.13. The molecule has 0 saturated carbocycles. The van der Waals surface area contributed by atoms with Crippen LogP contribution in [0.3, 0.4) is 0 Å². The Morgan fingerprint density at radius 1 is 0.962 bits per heavy atom. The molecule has 3 aromatic carbocycles. The van der Waals surface area contributed by atoms with Gasteiger partial charge in [-0.25, -0.2) is 4.98 Å². The summed E-state index contributed by atoms with van der Waals surface area (Å²) < 4.78 is 1.10. The molecule has 26 heavy (non-hydrogen) atoms. The molecular formula is C22H16NO2S-. The Morgan fingerprint density at radius 3 is 2.54 bits per heavy atom. The molecule has 3 nitrogen and oxygen atoms in total. The minimum atomic E-state index is -1.05. The number of hydrogen-bond donors (Lipinski definition) is 0. The van der Waals surface area contributed by atoms with E-state index in [1.165, 1.54) is 5.39 Å². The van der Waals surface area contributed by atoms with E-state index in [0.29, 0.717) is 6.42 Å². The highest BCUT2D eigenvalue weighted by atomic mass is 32.1. The summed E-state index contributed by atoms with van der Waals surface area (Å²) in [6.07, 6.45) is 2.41. The molecule has 0 atom stereocenters. The van der Waals surface area contributed by atoms with Crippen LogP contribution in [0.25, 0.3) is 32.6 Å². The standard InChI is InChI=1S/C22H17NO2S/c24-21(25)12-11-18(22-23-19-7-3-4-8-20(19)26-22)14-15-9-10-16-5-1-2-6-17(16)13-15/h1-10,13-14H,11-12H2,(H,24,25)/p-1/b18-14+. The summed E-state index contributed by atoms with van der Waals surface area (Å²) in [6, 6.07) is 22.4. The van der Waals surface area contributed by atoms with Gasteiger partial charge in [-0.2, -0.15) is 0 Å². The van der Waals surface area contributed by atoms with Crippen molar-refractivity contribution >= 4 is 49.9 Å². The van der Waals surface area contributed by atoms with Gasteiger partial charge < -0.3 is 9.90 Å². The van der Waals surface area contributed by atoms with E-state index in [1.807, 2.05) is 42.5 Å². The average Bonchev–Trinajstić information content (AvgIpc) is 3.09. The van der Waals surface area contributed by atoms with Crippen molar-refractivity contribution in [1.82, 2.24) is 4.98 Å². The zero-order chi connectivity index (χ0) is 17.9. The number of para-hydroxylation sites is 1. The van der Waals surface area contributed by atoms with E-state index in [0.717, 1.165) is 31.7 Å². The molecule has 1 heterocycles. The lowest BCUT2D eigenvalue weighted by molar-refractivity contribution is -0.305. The number of thiazole rings is 1. The highest BCUT2D eigenvalue weighted by molar-refractivity contribution is 7.19. The molecule has 0 amide bonds. The molecule has 0 aliphatic heterocycles. The van der Waals surface area contributed by atoms with Gasteiger partial charge in [-0.3, -0.25) is 0 Å². The monoisotopic (exact) mass is 358 g/mol. The van der Waals surface area contributed by atoms with Gasteiger partial charge in [0.15, 0.2) is 0 Å². The summed E-state index contributed by atoms with van der Waals surface area (Å²) in [4.78, 5) is 15.7. The minimum absolute atomic E-state index is 0.0185. The molecule has 4 aromatic rings. The topological polar surface area (TPSA) is 53.0 Å². The van der Waals surface area contributed by atoms with Crippen LogP contribution in [0.5, 0.6) is 0 Å². The summed E-state index contributed by atoms with van der Waals surface area (Å²) in [5, 5.41) is 14.2. The van der Waals surface area contributed by atoms with Gasteiger partial charge in [0.2, 0.25) is 0 Å². The molecule has 0 spiro atoms. The largest absolute Gasteiger partial charge is 0.550 e. The summed E-state index contributed by atoms with van der Waals surface area (Å²) in [6.45, 7) is 0. The number of carbonyl (C=O) groups excluding carboxylic acids is 1. The Labute approximate surface area is 155 Å². The van der Waals surface area contributed by atoms with Crippen LogP contribution in [0.1, 0.15) is 23.4 Å². The maximum Gasteiger partial charge on any atom is 0.120 e. The van der Waals surface area contributed by atoms with Crippen LogP contribution in [0, 0.1) is 0 Å². The number of carboxylic acids is 1. The van der Waals surface area contributed by atoms with Crippen molar-refractivity contribution in [3.05, 3.63) is 77.3 Å². The van der Waals surface area contributed by atoms with Crippen molar-refractivity contribution < 1.29 is 9.90 Å². The lowest BCUT2D eigenvalue weighted by Crippen LogP contribution is -2.21. The van der Waals surface area contributed by atoms with Crippen molar-refractivity contribution in [3.63, 3.8) is 0 Å². The molecule has 0 unspecified atom stereocenters. The number of nitrogens with zero attached hydrogens (tertiary/aromatic N) is 1. The van der Waals surface area contributed by atoms with Crippen LogP contribution < -0.4 is 5.11 Å². The average molecular weight is 358 g/mol. The van der Waals surface area contributed by atoms with E-state index >= 15 is 0 Å². The van der Waals surface area contributed by atoms with E-state index in [9.17, 15) is 9.90 Å². The lowest BCUT2D eigenvalue weighted by atomic mass is 10.0. The molecule has 0 fully saturated rings. The minimum Gasteiger partial charge on any atom is -0.550 e. The first-order valence-corrected chi connectivity index (χ1v) is 9.26. The van der Waals surface area contributed by atoms with Gasteiger partial charge in [0, 0.05) is 5.97 Å². The van der Waals surface area contributed by atoms with Crippen LogP contribution in [-0.4, -0.2) is 11.0 Å². The van der Waals surface area contributed by atoms with Crippen molar-refractivity contribution in [3.8, 4) is 0 Å². The number of rotatable bonds is 5. The molecular weight excluding hydrogens is 342 g/mol. The van der Waals surface area contributed by atoms with Crippen LogP contribution in [0.4, 0.5) is 0 Å². The number of carboxylic acid groups (broad SMARTS) is 1. The Balaban J connectivity index is 1.77. The first-order chi connectivity index (χ1) is 12.7. The third kappa shape index (κ3) is 3.51. The van der Waals surface area contributed by atoms with Crippen molar-refractivity contribution in [2.45, 2.75) is 12.8 Å². The lowest BCUT2D eigenvalue weighted by Gasteiger charge is -2.07. The molecule has 0 aliphatic carbocycles. The van der Waals surface area contributed by atoms with E-state index < -0.39 is 5.97 Å². The number of fused-ring (bicyclic) bond motifs is 2. The normalized spacial score (nSPS) is 11.9. The molecule has 0 aliphatic rings. The van der Waals surface area contributed by atoms with Crippen molar-refractivity contribution in [2.24, 2.45) is 0 Å². The molecule has 0 saturated heterocycles. The summed E-state index contributed by atoms with van der Waals surface area (Å²) in [5.41, 5.74) is 2.90. The zero-order valence-electron chi connectivity index (χ0n) is 14.0. The summed E-state index contributed by atoms with van der Waals surface area (Å²) in [5.74, 6) is -1.05. The number of aliphatic carboxylic acids is 1. The molecule has 4 rings (SSSR count). The highest BCUT2D eigenvalue weighted by Crippen LogP contribution is 2.31. The number of aromatic nitrogens is 1. The second kappa shape index (κ2) is 7.10. The fourth-order valence-electron chi connectivity index (χ4n) is 2.99. The zero-order valence-corrected chi connectivity index (χ0v) is 14.8. The van der Waals surface area contributed by atoms with Crippen LogP contribution in [-0.2, 0) is 4.79 Å². The third-order valence-electron chi connectivity index (χ3n) is 4.28. The Morgan fingerprint density at radius 2 is 1.73 bits per heavy atom. The SMILES string of the molecule is O=C([O-])CC/C(=C\c1ccc2ccccc2c1)c1nc2ccccc2s1. The number of hydrogen-bond acceptors (Lipinski definition) is 4. The van der Waals surface area contributed by atoms with E-state index in [1.54, 1.807) is 11.3 Å². The van der Waals surface area contributed by atoms with Gasteiger partial charge >= 0.3 is 0 Å². The Bertz CT molecular complexity index is 1090. The summed E-state index contributed by atoms with van der Waals surface area (Å²) in [7, 11) is 0. The van der Waals surface area contributed by atoms with Gasteiger partial charge in [0.05, 0.1) is 10.2 Å². The van der Waals surface area contributed by atoms with E-state index in [4.69, 9.17) is 0 Å². The maximum absolute atomic E-state index is 11.0. The van der Waals surface area contributed by atoms with Crippen LogP contribution in [0.15, 0.2) is 66.7 Å². The van der Waals surface area contributed by atoms with Crippen LogP contribution in [0.2, 0.25) is 0 Å². The maximum atomic E-state index is 11.0. The van der Waals surface area contributed by atoms with E-state index in [-0.39, 0.29) is 6.42 Å². The highest BCUT2D eigenvalue weighted by Gasteiger charge is 2.09. The predicted molar refractivity (Wildman–Crippen MR) is 106 cm³/mol. The van der Waals surface area contributed by atoms with Crippen molar-refractivity contribution in [1.29, 1.82) is 0 Å². The Kier molecular flexibility index (Phi) is 4.50. The Hall–Kier alpha value is -2.98. The van der Waals surface area contributed by atoms with Gasteiger partial charge in [-0.05, 0) is 59.0 Å². The first-order valence-electron chi connectivity index (χ1n) is 8.44. The third-order valence-corrected chi connectivity index (χ3v) is 5.39. The number of benzene rings is 3. The molecule has 1 aromatic heterocycles. The molecule has 0 N–H and O–H groups in total. The molecule has 4 heteroatoms. The molecule has 0 radical (unpaired) electrons. The van der Waals surface area contributed by atoms with Crippen LogP contribution >= 0.6 is 11.3 Å². The van der Waals surface area contributed by atoms with E-state index in [2.05, 4.69) is 35.3 Å². The molecule has 0 bridgehead atoms. The fraction of sp³-hybridized carbons (Fsp3) is 0.0909. The van der Waals surface area contributed by atoms with Gasteiger partial charge in [0.25, 0.3) is 0 Å². The quantitative estimate of drug-likeness (QED) is 0.527. The smallest absolute Gasteiger partial charge is 0.120 e. The van der Waals surface area contributed by atoms with Crippen molar-refractivity contribution in [2.75, 3.05) is 0 Å². The summed E-state index contributed by atoms with van der Waals surface area (Å²) >= 11 is 1.59. The predicted octanol–water partition coefficient (Wildman–Crippen LogP) is 4.52. The first kappa shape index (κ1) is 16.5.